The fraction of sp³-hybridized carbons (Fsp3) is 0.462. The Labute approximate surface area is 96.8 Å². The highest BCUT2D eigenvalue weighted by molar-refractivity contribution is 5.61. The lowest BCUT2D eigenvalue weighted by atomic mass is 10.2. The van der Waals surface area contributed by atoms with Crippen molar-refractivity contribution in [1.29, 1.82) is 0 Å². The summed E-state index contributed by atoms with van der Waals surface area (Å²) in [7, 11) is 0. The Morgan fingerprint density at radius 2 is 2.31 bits per heavy atom. The molecule has 3 nitrogen and oxygen atoms in total. The summed E-state index contributed by atoms with van der Waals surface area (Å²) in [5.74, 6) is 0.818. The Morgan fingerprint density at radius 3 is 3.06 bits per heavy atom. The normalized spacial score (nSPS) is 14.9. The van der Waals surface area contributed by atoms with Gasteiger partial charge in [-0.2, -0.15) is 0 Å². The zero-order valence-corrected chi connectivity index (χ0v) is 9.79. The molecule has 86 valence electrons. The average Bonchev–Trinajstić information content (AvgIpc) is 2.76. The van der Waals surface area contributed by atoms with E-state index in [9.17, 15) is 0 Å². The maximum absolute atomic E-state index is 5.84. The molecule has 0 saturated carbocycles. The van der Waals surface area contributed by atoms with Crippen molar-refractivity contribution in [2.45, 2.75) is 32.6 Å². The number of nitrogens with one attached hydrogen (secondary N) is 1. The van der Waals surface area contributed by atoms with Gasteiger partial charge in [0.25, 0.3) is 0 Å². The van der Waals surface area contributed by atoms with E-state index in [4.69, 9.17) is 5.73 Å². The molecule has 0 fully saturated rings. The molecule has 0 aliphatic heterocycles. The standard InChI is InChI=1S/C13H19N3/c1-10-6-7-12(14)13(16-10)15-9-8-11-4-2-3-5-11/h4,6-7H,2-3,5,8-9,14H2,1H3,(H,15,16). The van der Waals surface area contributed by atoms with E-state index in [1.807, 2.05) is 19.1 Å². The van der Waals surface area contributed by atoms with E-state index < -0.39 is 0 Å². The maximum Gasteiger partial charge on any atom is 0.149 e. The number of hydrogen-bond donors (Lipinski definition) is 2. The van der Waals surface area contributed by atoms with Crippen LogP contribution in [0.4, 0.5) is 11.5 Å². The number of hydrogen-bond acceptors (Lipinski definition) is 3. The molecule has 0 bridgehead atoms. The van der Waals surface area contributed by atoms with Gasteiger partial charge < -0.3 is 11.1 Å². The Hall–Kier alpha value is -1.51. The molecule has 3 heteroatoms. The van der Waals surface area contributed by atoms with Crippen LogP contribution in [0.5, 0.6) is 0 Å². The van der Waals surface area contributed by atoms with Crippen LogP contribution >= 0.6 is 0 Å². The fourth-order valence-corrected chi connectivity index (χ4v) is 2.01. The monoisotopic (exact) mass is 217 g/mol. The Kier molecular flexibility index (Phi) is 3.44. The van der Waals surface area contributed by atoms with Crippen molar-refractivity contribution in [3.63, 3.8) is 0 Å². The molecule has 1 aromatic heterocycles. The van der Waals surface area contributed by atoms with E-state index in [1.54, 1.807) is 5.57 Å². The SMILES string of the molecule is Cc1ccc(N)c(NCCC2=CCCC2)n1. The molecule has 0 radical (unpaired) electrons. The van der Waals surface area contributed by atoms with Crippen LogP contribution in [0, 0.1) is 6.92 Å². The lowest BCUT2D eigenvalue weighted by Gasteiger charge is -2.09. The van der Waals surface area contributed by atoms with Gasteiger partial charge in [-0.3, -0.25) is 0 Å². The predicted molar refractivity (Wildman–Crippen MR) is 68.4 cm³/mol. The smallest absolute Gasteiger partial charge is 0.149 e. The summed E-state index contributed by atoms with van der Waals surface area (Å²) < 4.78 is 0. The van der Waals surface area contributed by atoms with Crippen molar-refractivity contribution in [3.05, 3.63) is 29.5 Å². The number of aromatic nitrogens is 1. The van der Waals surface area contributed by atoms with E-state index >= 15 is 0 Å². The second kappa shape index (κ2) is 5.01. The lowest BCUT2D eigenvalue weighted by molar-refractivity contribution is 0.862. The van der Waals surface area contributed by atoms with E-state index in [1.165, 1.54) is 19.3 Å². The Balaban J connectivity index is 1.86. The third-order valence-electron chi connectivity index (χ3n) is 2.94. The number of pyridine rings is 1. The number of nitrogens with two attached hydrogens (primary N) is 1. The van der Waals surface area contributed by atoms with Crippen LogP contribution in [0.25, 0.3) is 0 Å². The molecule has 0 spiro atoms. The molecule has 16 heavy (non-hydrogen) atoms. The third kappa shape index (κ3) is 2.75. The zero-order valence-electron chi connectivity index (χ0n) is 9.79. The molecular formula is C13H19N3. The summed E-state index contributed by atoms with van der Waals surface area (Å²) in [5, 5.41) is 3.30. The third-order valence-corrected chi connectivity index (χ3v) is 2.94. The summed E-state index contributed by atoms with van der Waals surface area (Å²) in [6.45, 7) is 2.90. The molecule has 1 aliphatic rings. The van der Waals surface area contributed by atoms with Crippen LogP contribution in [-0.2, 0) is 0 Å². The van der Waals surface area contributed by atoms with Gasteiger partial charge in [-0.05, 0) is 44.7 Å². The zero-order chi connectivity index (χ0) is 11.4. The molecule has 2 rings (SSSR count). The minimum absolute atomic E-state index is 0.728. The number of allylic oxidation sites excluding steroid dienone is 1. The highest BCUT2D eigenvalue weighted by atomic mass is 15.0. The van der Waals surface area contributed by atoms with E-state index in [0.717, 1.165) is 30.2 Å². The summed E-state index contributed by atoms with van der Waals surface area (Å²) in [5.41, 5.74) is 9.14. The lowest BCUT2D eigenvalue weighted by Crippen LogP contribution is -2.07. The first-order valence-electron chi connectivity index (χ1n) is 5.90. The van der Waals surface area contributed by atoms with Crippen LogP contribution in [-0.4, -0.2) is 11.5 Å². The molecule has 3 N–H and O–H groups in total. The van der Waals surface area contributed by atoms with Gasteiger partial charge in [0.05, 0.1) is 5.69 Å². The van der Waals surface area contributed by atoms with Crippen LogP contribution in [0.1, 0.15) is 31.4 Å². The molecule has 0 unspecified atom stereocenters. The highest BCUT2D eigenvalue weighted by Crippen LogP contribution is 2.21. The number of nitrogen functional groups attached to an aromatic ring is 1. The van der Waals surface area contributed by atoms with Gasteiger partial charge in [0.15, 0.2) is 0 Å². The minimum Gasteiger partial charge on any atom is -0.396 e. The van der Waals surface area contributed by atoms with Gasteiger partial charge >= 0.3 is 0 Å². The predicted octanol–water partition coefficient (Wildman–Crippen LogP) is 2.88. The molecule has 1 aromatic rings. The molecule has 1 aliphatic carbocycles. The summed E-state index contributed by atoms with van der Waals surface area (Å²) in [6, 6.07) is 3.83. The molecule has 0 atom stereocenters. The second-order valence-corrected chi connectivity index (χ2v) is 4.32. The largest absolute Gasteiger partial charge is 0.396 e. The summed E-state index contributed by atoms with van der Waals surface area (Å²) >= 11 is 0. The van der Waals surface area contributed by atoms with Crippen LogP contribution < -0.4 is 11.1 Å². The number of rotatable bonds is 4. The second-order valence-electron chi connectivity index (χ2n) is 4.32. The number of aryl methyl sites for hydroxylation is 1. The van der Waals surface area contributed by atoms with Crippen LogP contribution in [0.2, 0.25) is 0 Å². The topological polar surface area (TPSA) is 50.9 Å². The van der Waals surface area contributed by atoms with E-state index in [-0.39, 0.29) is 0 Å². The summed E-state index contributed by atoms with van der Waals surface area (Å²) in [4.78, 5) is 4.38. The van der Waals surface area contributed by atoms with Crippen molar-refractivity contribution in [1.82, 2.24) is 4.98 Å². The fourth-order valence-electron chi connectivity index (χ4n) is 2.01. The quantitative estimate of drug-likeness (QED) is 0.762. The first kappa shape index (κ1) is 11.0. The maximum atomic E-state index is 5.84. The Morgan fingerprint density at radius 1 is 1.44 bits per heavy atom. The molecule has 0 aromatic carbocycles. The van der Waals surface area contributed by atoms with E-state index in [0.29, 0.717) is 0 Å². The Bertz CT molecular complexity index is 396. The van der Waals surface area contributed by atoms with E-state index in [2.05, 4.69) is 16.4 Å². The van der Waals surface area contributed by atoms with Gasteiger partial charge in [-0.15, -0.1) is 0 Å². The summed E-state index contributed by atoms with van der Waals surface area (Å²) in [6.07, 6.45) is 7.29. The minimum atomic E-state index is 0.728. The number of anilines is 2. The first-order chi connectivity index (χ1) is 7.75. The average molecular weight is 217 g/mol. The van der Waals surface area contributed by atoms with Gasteiger partial charge in [-0.1, -0.05) is 11.6 Å². The van der Waals surface area contributed by atoms with Gasteiger partial charge in [0, 0.05) is 12.2 Å². The van der Waals surface area contributed by atoms with Crippen molar-refractivity contribution >= 4 is 11.5 Å². The molecule has 1 heterocycles. The number of nitrogens with zero attached hydrogens (tertiary/aromatic N) is 1. The van der Waals surface area contributed by atoms with Crippen molar-refractivity contribution in [2.24, 2.45) is 0 Å². The van der Waals surface area contributed by atoms with Crippen LogP contribution in [0.15, 0.2) is 23.8 Å². The van der Waals surface area contributed by atoms with Gasteiger partial charge in [0.2, 0.25) is 0 Å². The molecular weight excluding hydrogens is 198 g/mol. The highest BCUT2D eigenvalue weighted by Gasteiger charge is 2.05. The van der Waals surface area contributed by atoms with Crippen LogP contribution in [0.3, 0.4) is 0 Å². The van der Waals surface area contributed by atoms with Gasteiger partial charge in [-0.25, -0.2) is 4.98 Å². The van der Waals surface area contributed by atoms with Crippen molar-refractivity contribution in [3.8, 4) is 0 Å². The first-order valence-corrected chi connectivity index (χ1v) is 5.90. The van der Waals surface area contributed by atoms with Crippen molar-refractivity contribution in [2.75, 3.05) is 17.6 Å². The van der Waals surface area contributed by atoms with Gasteiger partial charge in [0.1, 0.15) is 5.82 Å². The molecule has 0 saturated heterocycles. The van der Waals surface area contributed by atoms with Crippen molar-refractivity contribution < 1.29 is 0 Å². The molecule has 0 amide bonds.